The molecular weight excluding hydrogens is 307 g/mol. The van der Waals surface area contributed by atoms with Gasteiger partial charge in [-0.15, -0.1) is 0 Å². The molecular formula is C20H27FO3. The fourth-order valence-corrected chi connectivity index (χ4v) is 6.49. The van der Waals surface area contributed by atoms with E-state index in [1.807, 2.05) is 0 Å². The van der Waals surface area contributed by atoms with Gasteiger partial charge in [0.05, 0.1) is 0 Å². The molecule has 0 N–H and O–H groups in total. The second kappa shape index (κ2) is 5.67. The molecule has 3 fully saturated rings. The van der Waals surface area contributed by atoms with E-state index in [1.54, 1.807) is 6.08 Å². The highest BCUT2D eigenvalue weighted by Crippen LogP contribution is 2.62. The minimum Gasteiger partial charge on any atom is -0.462 e. The molecule has 0 bridgehead atoms. The number of carbonyl (C=O) groups is 2. The van der Waals surface area contributed by atoms with Gasteiger partial charge in [-0.05, 0) is 74.7 Å². The molecule has 0 aliphatic heterocycles. The number of esters is 1. The van der Waals surface area contributed by atoms with Crippen molar-refractivity contribution in [1.82, 2.24) is 0 Å². The van der Waals surface area contributed by atoms with Crippen LogP contribution in [0.5, 0.6) is 0 Å². The molecule has 0 saturated heterocycles. The van der Waals surface area contributed by atoms with E-state index in [-0.39, 0.29) is 29.2 Å². The highest BCUT2D eigenvalue weighted by Gasteiger charge is 2.57. The Balaban J connectivity index is 1.58. The maximum absolute atomic E-state index is 14.0. The van der Waals surface area contributed by atoms with Crippen LogP contribution in [-0.4, -0.2) is 24.0 Å². The molecule has 0 radical (unpaired) electrons. The maximum atomic E-state index is 14.0. The molecule has 4 rings (SSSR count). The summed E-state index contributed by atoms with van der Waals surface area (Å²) in [5, 5.41) is 0. The Bertz CT molecular complexity index is 598. The Morgan fingerprint density at radius 1 is 1.25 bits per heavy atom. The molecule has 4 aliphatic carbocycles. The van der Waals surface area contributed by atoms with Crippen molar-refractivity contribution in [3.05, 3.63) is 11.6 Å². The highest BCUT2D eigenvalue weighted by atomic mass is 19.1. The summed E-state index contributed by atoms with van der Waals surface area (Å²) in [4.78, 5) is 23.1. The number of rotatable bonds is 1. The van der Waals surface area contributed by atoms with Crippen LogP contribution in [0.2, 0.25) is 0 Å². The van der Waals surface area contributed by atoms with Gasteiger partial charge in [0.25, 0.3) is 0 Å². The van der Waals surface area contributed by atoms with Gasteiger partial charge in [-0.25, -0.2) is 4.39 Å². The van der Waals surface area contributed by atoms with Crippen molar-refractivity contribution < 1.29 is 18.7 Å². The summed E-state index contributed by atoms with van der Waals surface area (Å²) >= 11 is 0. The van der Waals surface area contributed by atoms with Crippen LogP contribution in [0.1, 0.15) is 58.8 Å². The van der Waals surface area contributed by atoms with E-state index in [2.05, 4.69) is 6.92 Å². The first-order chi connectivity index (χ1) is 11.4. The second-order valence-corrected chi connectivity index (χ2v) is 8.62. The topological polar surface area (TPSA) is 43.4 Å². The van der Waals surface area contributed by atoms with Crippen molar-refractivity contribution in [1.29, 1.82) is 0 Å². The number of halogens is 1. The van der Waals surface area contributed by atoms with Crippen LogP contribution in [0, 0.1) is 29.1 Å². The van der Waals surface area contributed by atoms with Crippen LogP contribution in [-0.2, 0) is 14.3 Å². The lowest BCUT2D eigenvalue weighted by atomic mass is 9.52. The summed E-state index contributed by atoms with van der Waals surface area (Å²) in [5.41, 5.74) is 1.28. The zero-order valence-corrected chi connectivity index (χ0v) is 14.6. The first kappa shape index (κ1) is 16.3. The number of hydrogen-bond donors (Lipinski definition) is 0. The predicted molar refractivity (Wildman–Crippen MR) is 87.9 cm³/mol. The van der Waals surface area contributed by atoms with Crippen molar-refractivity contribution in [2.75, 3.05) is 0 Å². The Morgan fingerprint density at radius 3 is 2.79 bits per heavy atom. The molecule has 132 valence electrons. The van der Waals surface area contributed by atoms with Crippen LogP contribution >= 0.6 is 0 Å². The Labute approximate surface area is 143 Å². The first-order valence-corrected chi connectivity index (χ1v) is 9.45. The largest absolute Gasteiger partial charge is 0.462 e. The van der Waals surface area contributed by atoms with Crippen molar-refractivity contribution in [2.24, 2.45) is 29.1 Å². The van der Waals surface area contributed by atoms with Crippen LogP contribution in [0.25, 0.3) is 0 Å². The van der Waals surface area contributed by atoms with Crippen molar-refractivity contribution >= 4 is 11.8 Å². The lowest BCUT2D eigenvalue weighted by molar-refractivity contribution is -0.156. The fraction of sp³-hybridized carbons (Fsp3) is 0.800. The predicted octanol–water partition coefficient (Wildman–Crippen LogP) is 4.01. The van der Waals surface area contributed by atoms with Crippen molar-refractivity contribution in [2.45, 2.75) is 71.1 Å². The van der Waals surface area contributed by atoms with Gasteiger partial charge < -0.3 is 4.74 Å². The quantitative estimate of drug-likeness (QED) is 0.681. The van der Waals surface area contributed by atoms with E-state index in [9.17, 15) is 14.0 Å². The van der Waals surface area contributed by atoms with Gasteiger partial charge in [-0.2, -0.15) is 0 Å². The number of ketones is 1. The molecule has 4 heteroatoms. The van der Waals surface area contributed by atoms with E-state index in [0.29, 0.717) is 24.2 Å². The number of hydrogen-bond acceptors (Lipinski definition) is 3. The molecule has 3 saturated carbocycles. The third-order valence-corrected chi connectivity index (χ3v) is 7.57. The second-order valence-electron chi connectivity index (χ2n) is 8.62. The van der Waals surface area contributed by atoms with Crippen LogP contribution < -0.4 is 0 Å². The van der Waals surface area contributed by atoms with E-state index >= 15 is 0 Å². The molecule has 3 nitrogen and oxygen atoms in total. The van der Waals surface area contributed by atoms with Gasteiger partial charge in [0.2, 0.25) is 0 Å². The summed E-state index contributed by atoms with van der Waals surface area (Å²) in [6, 6.07) is 0. The Hall–Kier alpha value is -1.19. The molecule has 0 spiro atoms. The third kappa shape index (κ3) is 2.36. The molecule has 0 aromatic rings. The van der Waals surface area contributed by atoms with Crippen LogP contribution in [0.15, 0.2) is 11.6 Å². The molecule has 0 amide bonds. The number of carbonyl (C=O) groups excluding carboxylic acids is 2. The highest BCUT2D eigenvalue weighted by molar-refractivity contribution is 5.95. The fourth-order valence-electron chi connectivity index (χ4n) is 6.49. The van der Waals surface area contributed by atoms with Gasteiger partial charge in [0.1, 0.15) is 6.10 Å². The summed E-state index contributed by atoms with van der Waals surface area (Å²) < 4.78 is 19.7. The van der Waals surface area contributed by atoms with Crippen LogP contribution in [0.4, 0.5) is 4.39 Å². The lowest BCUT2D eigenvalue weighted by Crippen LogP contribution is -2.49. The van der Waals surface area contributed by atoms with Crippen LogP contribution in [0.3, 0.4) is 0 Å². The van der Waals surface area contributed by atoms with E-state index in [1.165, 1.54) is 12.5 Å². The summed E-state index contributed by atoms with van der Waals surface area (Å²) in [7, 11) is 0. The van der Waals surface area contributed by atoms with Crippen molar-refractivity contribution in [3.63, 3.8) is 0 Å². The zero-order chi connectivity index (χ0) is 17.1. The molecule has 0 aromatic heterocycles. The Kier molecular flexibility index (Phi) is 3.85. The monoisotopic (exact) mass is 334 g/mol. The Morgan fingerprint density at radius 2 is 2.04 bits per heavy atom. The summed E-state index contributed by atoms with van der Waals surface area (Å²) in [5.74, 6) is 1.42. The molecule has 4 aliphatic rings. The lowest BCUT2D eigenvalue weighted by Gasteiger charge is -2.53. The third-order valence-electron chi connectivity index (χ3n) is 7.57. The van der Waals surface area contributed by atoms with Gasteiger partial charge in [0, 0.05) is 12.3 Å². The molecule has 7 atom stereocenters. The van der Waals surface area contributed by atoms with Crippen molar-refractivity contribution in [3.8, 4) is 0 Å². The SMILES string of the molecule is CC(=O)O[C@@H]1CC[C@@H]2[C@@H]3CCC4=CC(=O)[C@H](F)C[C@@H]4[C@@H]3CC[C@]21C. The van der Waals surface area contributed by atoms with Gasteiger partial charge in [-0.1, -0.05) is 12.5 Å². The van der Waals surface area contributed by atoms with Gasteiger partial charge in [-0.3, -0.25) is 9.59 Å². The van der Waals surface area contributed by atoms with Gasteiger partial charge >= 0.3 is 5.97 Å². The minimum atomic E-state index is -1.30. The molecule has 24 heavy (non-hydrogen) atoms. The van der Waals surface area contributed by atoms with Gasteiger partial charge in [0.15, 0.2) is 12.0 Å². The standard InChI is InChI=1S/C20H27FO3/c1-11(22)24-19-6-5-16-14-4-3-12-9-18(23)17(21)10-15(12)13(14)7-8-20(16,19)2/h9,13-17,19H,3-8,10H2,1-2H3/t13-,14-,15+,16-,17-,19-,20-/m1/s1. The number of ether oxygens (including phenoxy) is 1. The summed E-state index contributed by atoms with van der Waals surface area (Å²) in [6.45, 7) is 3.79. The van der Waals surface area contributed by atoms with E-state index < -0.39 is 6.17 Å². The van der Waals surface area contributed by atoms with E-state index in [4.69, 9.17) is 4.74 Å². The molecule has 0 heterocycles. The normalized spacial score (nSPS) is 47.3. The average molecular weight is 334 g/mol. The first-order valence-electron chi connectivity index (χ1n) is 9.45. The molecule has 0 aromatic carbocycles. The summed E-state index contributed by atoms with van der Waals surface area (Å²) in [6.07, 6.45) is 6.97. The maximum Gasteiger partial charge on any atom is 0.302 e. The average Bonchev–Trinajstić information content (AvgIpc) is 2.85. The molecule has 0 unspecified atom stereocenters. The van der Waals surface area contributed by atoms with E-state index in [0.717, 1.165) is 38.5 Å². The number of fused-ring (bicyclic) bond motifs is 5. The minimum absolute atomic E-state index is 0.0414. The number of alkyl halides is 1. The smallest absolute Gasteiger partial charge is 0.302 e. The number of allylic oxidation sites excluding steroid dienone is 1. The zero-order valence-electron chi connectivity index (χ0n) is 14.6.